The number of nitrogens with zero attached hydrogens (tertiary/aromatic N) is 1. The van der Waals surface area contributed by atoms with Crippen LogP contribution in [-0.2, 0) is 0 Å². The van der Waals surface area contributed by atoms with Gasteiger partial charge in [0.2, 0.25) is 0 Å². The molecule has 0 aliphatic carbocycles. The van der Waals surface area contributed by atoms with Crippen molar-refractivity contribution in [3.8, 4) is 5.75 Å². The lowest BCUT2D eigenvalue weighted by Gasteiger charge is -2.36. The largest absolute Gasteiger partial charge is 0.494 e. The van der Waals surface area contributed by atoms with Crippen LogP contribution in [0.3, 0.4) is 0 Å². The first kappa shape index (κ1) is 14.3. The molecule has 1 fully saturated rings. The van der Waals surface area contributed by atoms with Gasteiger partial charge in [0.15, 0.2) is 0 Å². The van der Waals surface area contributed by atoms with Crippen LogP contribution in [0.25, 0.3) is 0 Å². The van der Waals surface area contributed by atoms with E-state index in [9.17, 15) is 5.11 Å². The number of hydrogen-bond acceptors (Lipinski definition) is 4. The second-order valence-electron chi connectivity index (χ2n) is 5.02. The molecule has 19 heavy (non-hydrogen) atoms. The van der Waals surface area contributed by atoms with Crippen molar-refractivity contribution in [3.05, 3.63) is 29.8 Å². The van der Waals surface area contributed by atoms with Crippen molar-refractivity contribution in [1.29, 1.82) is 0 Å². The lowest BCUT2D eigenvalue weighted by atomic mass is 10.0. The van der Waals surface area contributed by atoms with E-state index in [2.05, 4.69) is 17.0 Å². The van der Waals surface area contributed by atoms with Crippen LogP contribution in [0.4, 0.5) is 0 Å². The van der Waals surface area contributed by atoms with Gasteiger partial charge in [-0.05, 0) is 37.5 Å². The Kier molecular flexibility index (Phi) is 5.19. The van der Waals surface area contributed by atoms with E-state index in [0.29, 0.717) is 13.2 Å². The molecule has 0 saturated carbocycles. The van der Waals surface area contributed by atoms with Crippen LogP contribution >= 0.6 is 0 Å². The fraction of sp³-hybridized carbons (Fsp3) is 0.600. The van der Waals surface area contributed by atoms with Crippen LogP contribution in [0, 0.1) is 0 Å². The highest BCUT2D eigenvalue weighted by Gasteiger charge is 2.24. The molecule has 106 valence electrons. The number of hydrogen-bond donors (Lipinski definition) is 2. The third kappa shape index (κ3) is 3.69. The van der Waals surface area contributed by atoms with Gasteiger partial charge in [-0.1, -0.05) is 12.1 Å². The molecule has 1 unspecified atom stereocenters. The molecule has 0 aromatic heterocycles. The minimum absolute atomic E-state index is 0.144. The number of aliphatic hydroxyl groups excluding tert-OH is 1. The summed E-state index contributed by atoms with van der Waals surface area (Å²) in [6.07, 6.45) is 1.54. The first-order chi connectivity index (χ1) is 9.24. The van der Waals surface area contributed by atoms with Gasteiger partial charge < -0.3 is 15.6 Å². The van der Waals surface area contributed by atoms with Crippen molar-refractivity contribution in [3.63, 3.8) is 0 Å². The van der Waals surface area contributed by atoms with Crippen LogP contribution in [0.5, 0.6) is 5.75 Å². The summed E-state index contributed by atoms with van der Waals surface area (Å²) in [7, 11) is 0. The van der Waals surface area contributed by atoms with Gasteiger partial charge in [0.1, 0.15) is 5.75 Å². The Morgan fingerprint density at radius 3 is 2.47 bits per heavy atom. The number of likely N-dealkylation sites (tertiary alicyclic amines) is 1. The Morgan fingerprint density at radius 1 is 1.32 bits per heavy atom. The van der Waals surface area contributed by atoms with Gasteiger partial charge in [0.05, 0.1) is 12.7 Å². The van der Waals surface area contributed by atoms with Gasteiger partial charge in [0.25, 0.3) is 0 Å². The van der Waals surface area contributed by atoms with Gasteiger partial charge in [0, 0.05) is 25.7 Å². The Morgan fingerprint density at radius 2 is 1.95 bits per heavy atom. The standard InChI is InChI=1S/C15H24N2O2/c1-2-19-14-5-3-12(4-6-14)15(11-16)17-9-7-13(18)8-10-17/h3-6,13,15,18H,2,7-11,16H2,1H3. The average molecular weight is 264 g/mol. The smallest absolute Gasteiger partial charge is 0.119 e. The van der Waals surface area contributed by atoms with E-state index in [0.717, 1.165) is 31.7 Å². The molecule has 1 heterocycles. The molecule has 1 saturated heterocycles. The molecular weight excluding hydrogens is 240 g/mol. The quantitative estimate of drug-likeness (QED) is 0.847. The monoisotopic (exact) mass is 264 g/mol. The fourth-order valence-corrected chi connectivity index (χ4v) is 2.65. The second-order valence-corrected chi connectivity index (χ2v) is 5.02. The number of rotatable bonds is 5. The normalized spacial score (nSPS) is 19.3. The number of benzene rings is 1. The summed E-state index contributed by atoms with van der Waals surface area (Å²) in [6.45, 7) is 5.09. The van der Waals surface area contributed by atoms with E-state index in [4.69, 9.17) is 10.5 Å². The minimum Gasteiger partial charge on any atom is -0.494 e. The van der Waals surface area contributed by atoms with Crippen molar-refractivity contribution in [1.82, 2.24) is 4.90 Å². The molecule has 3 N–H and O–H groups in total. The van der Waals surface area contributed by atoms with Crippen LogP contribution in [0.2, 0.25) is 0 Å². The molecule has 0 spiro atoms. The van der Waals surface area contributed by atoms with Gasteiger partial charge in [-0.25, -0.2) is 0 Å². The summed E-state index contributed by atoms with van der Waals surface area (Å²) >= 11 is 0. The van der Waals surface area contributed by atoms with E-state index in [1.165, 1.54) is 5.56 Å². The summed E-state index contributed by atoms with van der Waals surface area (Å²) < 4.78 is 5.46. The Hall–Kier alpha value is -1.10. The Bertz CT molecular complexity index is 372. The summed E-state index contributed by atoms with van der Waals surface area (Å²) in [5.74, 6) is 0.899. The van der Waals surface area contributed by atoms with E-state index in [1.54, 1.807) is 0 Å². The molecule has 1 atom stereocenters. The summed E-state index contributed by atoms with van der Waals surface area (Å²) in [5.41, 5.74) is 7.16. The zero-order valence-corrected chi connectivity index (χ0v) is 11.6. The molecule has 0 amide bonds. The van der Waals surface area contributed by atoms with Crippen molar-refractivity contribution in [2.75, 3.05) is 26.2 Å². The minimum atomic E-state index is -0.144. The summed E-state index contributed by atoms with van der Waals surface area (Å²) in [6, 6.07) is 8.42. The molecule has 0 bridgehead atoms. The van der Waals surface area contributed by atoms with E-state index in [-0.39, 0.29) is 12.1 Å². The summed E-state index contributed by atoms with van der Waals surface area (Å²) in [4.78, 5) is 2.36. The van der Waals surface area contributed by atoms with E-state index >= 15 is 0 Å². The van der Waals surface area contributed by atoms with Gasteiger partial charge in [-0.3, -0.25) is 4.90 Å². The molecule has 1 aliphatic heterocycles. The summed E-state index contributed by atoms with van der Waals surface area (Å²) in [5, 5.41) is 9.57. The van der Waals surface area contributed by atoms with Crippen molar-refractivity contribution >= 4 is 0 Å². The number of nitrogens with two attached hydrogens (primary N) is 1. The van der Waals surface area contributed by atoms with Crippen molar-refractivity contribution < 1.29 is 9.84 Å². The highest BCUT2D eigenvalue weighted by atomic mass is 16.5. The van der Waals surface area contributed by atoms with Gasteiger partial charge in [-0.2, -0.15) is 0 Å². The van der Waals surface area contributed by atoms with E-state index in [1.807, 2.05) is 19.1 Å². The molecule has 4 nitrogen and oxygen atoms in total. The number of aliphatic hydroxyl groups is 1. The topological polar surface area (TPSA) is 58.7 Å². The first-order valence-electron chi connectivity index (χ1n) is 7.09. The molecular formula is C15H24N2O2. The second kappa shape index (κ2) is 6.89. The highest BCUT2D eigenvalue weighted by molar-refractivity contribution is 5.29. The van der Waals surface area contributed by atoms with Crippen molar-refractivity contribution in [2.45, 2.75) is 31.9 Å². The third-order valence-corrected chi connectivity index (χ3v) is 3.74. The maximum Gasteiger partial charge on any atom is 0.119 e. The average Bonchev–Trinajstić information content (AvgIpc) is 2.44. The fourth-order valence-electron chi connectivity index (χ4n) is 2.65. The van der Waals surface area contributed by atoms with Crippen LogP contribution in [0.1, 0.15) is 31.4 Å². The maximum atomic E-state index is 9.57. The number of ether oxygens (including phenoxy) is 1. The zero-order valence-electron chi connectivity index (χ0n) is 11.6. The van der Waals surface area contributed by atoms with Gasteiger partial charge in [-0.15, -0.1) is 0 Å². The molecule has 4 heteroatoms. The predicted molar refractivity (Wildman–Crippen MR) is 76.2 cm³/mol. The highest BCUT2D eigenvalue weighted by Crippen LogP contribution is 2.25. The first-order valence-corrected chi connectivity index (χ1v) is 7.09. The van der Waals surface area contributed by atoms with Crippen LogP contribution in [0.15, 0.2) is 24.3 Å². The third-order valence-electron chi connectivity index (χ3n) is 3.74. The van der Waals surface area contributed by atoms with Gasteiger partial charge >= 0.3 is 0 Å². The van der Waals surface area contributed by atoms with Crippen molar-refractivity contribution in [2.24, 2.45) is 5.73 Å². The zero-order chi connectivity index (χ0) is 13.7. The SMILES string of the molecule is CCOc1ccc(C(CN)N2CCC(O)CC2)cc1. The molecule has 2 rings (SSSR count). The Balaban J connectivity index is 2.04. The maximum absolute atomic E-state index is 9.57. The molecule has 0 radical (unpaired) electrons. The lowest BCUT2D eigenvalue weighted by molar-refractivity contribution is 0.0622. The van der Waals surface area contributed by atoms with Crippen LogP contribution < -0.4 is 10.5 Å². The molecule has 1 aliphatic rings. The molecule has 1 aromatic carbocycles. The van der Waals surface area contributed by atoms with Crippen LogP contribution in [-0.4, -0.2) is 42.4 Å². The predicted octanol–water partition coefficient (Wildman–Crippen LogP) is 1.54. The Labute approximate surface area is 115 Å². The lowest BCUT2D eigenvalue weighted by Crippen LogP contribution is -2.41. The van der Waals surface area contributed by atoms with E-state index < -0.39 is 0 Å². The number of piperidine rings is 1. The molecule has 1 aromatic rings.